The van der Waals surface area contributed by atoms with Crippen LogP contribution in [0.25, 0.3) is 0 Å². The molecule has 4 nitrogen and oxygen atoms in total. The highest BCUT2D eigenvalue weighted by Gasteiger charge is 2.23. The second-order valence-electron chi connectivity index (χ2n) is 8.76. The van der Waals surface area contributed by atoms with Crippen LogP contribution in [0.2, 0.25) is 5.02 Å². The number of hydrogen-bond donors (Lipinski definition) is 1. The maximum absolute atomic E-state index is 13.1. The summed E-state index contributed by atoms with van der Waals surface area (Å²) in [5.41, 5.74) is 5.64. The van der Waals surface area contributed by atoms with E-state index in [9.17, 15) is 4.79 Å². The molecule has 1 fully saturated rings. The highest BCUT2D eigenvalue weighted by atomic mass is 35.5. The summed E-state index contributed by atoms with van der Waals surface area (Å²) in [6, 6.07) is 19.9. The first-order chi connectivity index (χ1) is 15.5. The fourth-order valence-corrected chi connectivity index (χ4v) is 4.53. The molecule has 4 rings (SSSR count). The summed E-state index contributed by atoms with van der Waals surface area (Å²) >= 11 is 6.08. The van der Waals surface area contributed by atoms with E-state index < -0.39 is 0 Å². The van der Waals surface area contributed by atoms with Gasteiger partial charge in [-0.3, -0.25) is 14.7 Å². The third-order valence-electron chi connectivity index (χ3n) is 6.31. The number of nitrogens with one attached hydrogen (secondary N) is 1. The molecule has 5 heteroatoms. The number of aromatic nitrogens is 1. The van der Waals surface area contributed by atoms with Crippen molar-refractivity contribution in [1.29, 1.82) is 0 Å². The Morgan fingerprint density at radius 1 is 1.06 bits per heavy atom. The van der Waals surface area contributed by atoms with Crippen molar-refractivity contribution in [3.8, 4) is 0 Å². The van der Waals surface area contributed by atoms with Gasteiger partial charge >= 0.3 is 0 Å². The molecular formula is C27H30ClN3O. The largest absolute Gasteiger partial charge is 0.322 e. The number of rotatable bonds is 6. The summed E-state index contributed by atoms with van der Waals surface area (Å²) in [6.45, 7) is 7.18. The van der Waals surface area contributed by atoms with Gasteiger partial charge in [0.15, 0.2) is 0 Å². The van der Waals surface area contributed by atoms with Crippen LogP contribution >= 0.6 is 11.6 Å². The first kappa shape index (κ1) is 22.5. The van der Waals surface area contributed by atoms with Crippen LogP contribution in [-0.2, 0) is 13.0 Å². The lowest BCUT2D eigenvalue weighted by molar-refractivity contribution is 0.102. The van der Waals surface area contributed by atoms with Gasteiger partial charge in [0.25, 0.3) is 5.91 Å². The fourth-order valence-electron chi connectivity index (χ4n) is 4.34. The predicted octanol–water partition coefficient (Wildman–Crippen LogP) is 6.06. The molecule has 1 amide bonds. The number of aryl methyl sites for hydroxylation is 2. The average Bonchev–Trinajstić information content (AvgIpc) is 2.78. The number of pyridine rings is 1. The van der Waals surface area contributed by atoms with Crippen molar-refractivity contribution in [2.45, 2.75) is 39.7 Å². The lowest BCUT2D eigenvalue weighted by Gasteiger charge is -2.32. The van der Waals surface area contributed by atoms with Crippen molar-refractivity contribution in [1.82, 2.24) is 9.88 Å². The zero-order valence-electron chi connectivity index (χ0n) is 18.8. The first-order valence-corrected chi connectivity index (χ1v) is 11.7. The number of piperidine rings is 1. The van der Waals surface area contributed by atoms with Crippen molar-refractivity contribution in [2.24, 2.45) is 5.92 Å². The van der Waals surface area contributed by atoms with Gasteiger partial charge in [-0.25, -0.2) is 0 Å². The van der Waals surface area contributed by atoms with E-state index in [0.717, 1.165) is 55.8 Å². The molecule has 1 aliphatic rings. The van der Waals surface area contributed by atoms with Crippen LogP contribution in [0.5, 0.6) is 0 Å². The molecule has 0 unspecified atom stereocenters. The molecule has 0 radical (unpaired) electrons. The van der Waals surface area contributed by atoms with E-state index in [-0.39, 0.29) is 5.91 Å². The Morgan fingerprint density at radius 3 is 2.53 bits per heavy atom. The quantitative estimate of drug-likeness (QED) is 0.499. The molecule has 0 aliphatic carbocycles. The number of benzene rings is 2. The van der Waals surface area contributed by atoms with Crippen molar-refractivity contribution in [3.05, 3.63) is 93.8 Å². The zero-order chi connectivity index (χ0) is 22.5. The Kier molecular flexibility index (Phi) is 7.23. The number of likely N-dealkylation sites (tertiary alicyclic amines) is 1. The van der Waals surface area contributed by atoms with Gasteiger partial charge in [-0.1, -0.05) is 48.0 Å². The molecule has 2 heterocycles. The Morgan fingerprint density at radius 2 is 1.81 bits per heavy atom. The van der Waals surface area contributed by atoms with Gasteiger partial charge in [-0.05, 0) is 87.5 Å². The molecule has 1 aliphatic heterocycles. The number of halogens is 1. The molecule has 32 heavy (non-hydrogen) atoms. The van der Waals surface area contributed by atoms with E-state index in [0.29, 0.717) is 22.2 Å². The normalized spacial score (nSPS) is 15.0. The van der Waals surface area contributed by atoms with E-state index in [4.69, 9.17) is 16.6 Å². The van der Waals surface area contributed by atoms with E-state index in [1.54, 1.807) is 12.1 Å². The van der Waals surface area contributed by atoms with Crippen molar-refractivity contribution < 1.29 is 4.79 Å². The minimum atomic E-state index is -0.126. The smallest absolute Gasteiger partial charge is 0.257 e. The highest BCUT2D eigenvalue weighted by molar-refractivity contribution is 6.31. The molecule has 1 N–H and O–H groups in total. The van der Waals surface area contributed by atoms with Crippen molar-refractivity contribution >= 4 is 23.2 Å². The van der Waals surface area contributed by atoms with E-state index in [1.807, 2.05) is 32.0 Å². The summed E-state index contributed by atoms with van der Waals surface area (Å²) in [7, 11) is 0. The second-order valence-corrected chi connectivity index (χ2v) is 9.20. The van der Waals surface area contributed by atoms with Crippen molar-refractivity contribution in [3.63, 3.8) is 0 Å². The summed E-state index contributed by atoms with van der Waals surface area (Å²) in [5, 5.41) is 3.59. The average molecular weight is 448 g/mol. The van der Waals surface area contributed by atoms with Gasteiger partial charge in [0.05, 0.1) is 11.3 Å². The van der Waals surface area contributed by atoms with Crippen LogP contribution in [0.1, 0.15) is 45.7 Å². The third-order valence-corrected chi connectivity index (χ3v) is 6.55. The maximum Gasteiger partial charge on any atom is 0.257 e. The lowest BCUT2D eigenvalue weighted by atomic mass is 9.90. The standard InChI is InChI=1S/C27H30ClN3O/c1-19-15-25(27(32)30-24-10-6-9-23(28)17-24)26(29-20(19)2)16-21-11-13-31(14-12-21)18-22-7-4-3-5-8-22/h3-10,15,17,21H,11-14,16,18H2,1-2H3,(H,30,32). The van der Waals surface area contributed by atoms with Gasteiger partial charge in [-0.15, -0.1) is 0 Å². The Labute approximate surface area is 195 Å². The zero-order valence-corrected chi connectivity index (χ0v) is 19.5. The summed E-state index contributed by atoms with van der Waals surface area (Å²) in [4.78, 5) is 20.5. The number of nitrogens with zero attached hydrogens (tertiary/aromatic N) is 2. The van der Waals surface area contributed by atoms with E-state index >= 15 is 0 Å². The number of anilines is 1. The van der Waals surface area contributed by atoms with E-state index in [2.05, 4.69) is 40.5 Å². The van der Waals surface area contributed by atoms with Crippen molar-refractivity contribution in [2.75, 3.05) is 18.4 Å². The van der Waals surface area contributed by atoms with Gasteiger partial charge < -0.3 is 5.32 Å². The monoisotopic (exact) mass is 447 g/mol. The topological polar surface area (TPSA) is 45.2 Å². The maximum atomic E-state index is 13.1. The van der Waals surface area contributed by atoms with Gasteiger partial charge in [0.2, 0.25) is 0 Å². The molecule has 2 aromatic carbocycles. The van der Waals surface area contributed by atoms with Crippen LogP contribution in [0.4, 0.5) is 5.69 Å². The van der Waals surface area contributed by atoms with Crippen LogP contribution in [-0.4, -0.2) is 28.9 Å². The second kappa shape index (κ2) is 10.3. The molecule has 1 aromatic heterocycles. The minimum absolute atomic E-state index is 0.126. The molecule has 0 spiro atoms. The predicted molar refractivity (Wildman–Crippen MR) is 131 cm³/mol. The van der Waals surface area contributed by atoms with E-state index in [1.165, 1.54) is 5.56 Å². The molecule has 166 valence electrons. The number of carbonyl (C=O) groups excluding carboxylic acids is 1. The van der Waals surface area contributed by atoms with Gasteiger partial charge in [0, 0.05) is 22.9 Å². The minimum Gasteiger partial charge on any atom is -0.322 e. The summed E-state index contributed by atoms with van der Waals surface area (Å²) in [5.74, 6) is 0.411. The van der Waals surface area contributed by atoms with Crippen LogP contribution < -0.4 is 5.32 Å². The van der Waals surface area contributed by atoms with Crippen LogP contribution in [0.3, 0.4) is 0 Å². The number of amides is 1. The Hall–Kier alpha value is -2.69. The van der Waals surface area contributed by atoms with Gasteiger partial charge in [0.1, 0.15) is 0 Å². The first-order valence-electron chi connectivity index (χ1n) is 11.3. The SMILES string of the molecule is Cc1cc(C(=O)Nc2cccc(Cl)c2)c(CC2CCN(Cc3ccccc3)CC2)nc1C. The third kappa shape index (κ3) is 5.76. The molecular weight excluding hydrogens is 418 g/mol. The number of hydrogen-bond acceptors (Lipinski definition) is 3. The molecule has 0 bridgehead atoms. The number of carbonyl (C=O) groups is 1. The van der Waals surface area contributed by atoms with Gasteiger partial charge in [-0.2, -0.15) is 0 Å². The summed E-state index contributed by atoms with van der Waals surface area (Å²) in [6.07, 6.45) is 3.08. The molecule has 0 saturated carbocycles. The van der Waals surface area contributed by atoms with Crippen LogP contribution in [0, 0.1) is 19.8 Å². The summed E-state index contributed by atoms with van der Waals surface area (Å²) < 4.78 is 0. The Balaban J connectivity index is 1.43. The fraction of sp³-hybridized carbons (Fsp3) is 0.333. The Bertz CT molecular complexity index is 1080. The lowest BCUT2D eigenvalue weighted by Crippen LogP contribution is -2.34. The molecule has 1 saturated heterocycles. The molecule has 3 aromatic rings. The highest BCUT2D eigenvalue weighted by Crippen LogP contribution is 2.25. The molecule has 0 atom stereocenters. The van der Waals surface area contributed by atoms with Crippen LogP contribution in [0.15, 0.2) is 60.7 Å².